The van der Waals surface area contributed by atoms with Crippen LogP contribution in [0.4, 0.5) is 0 Å². The Bertz CT molecular complexity index is 409. The standard InChI is InChI=1S/C15H22BrNO2/c1-15(2,3)13(9-10-16)17-14(18)11-5-7-12(19-4)8-6-11/h5-8,13H,9-10H2,1-4H3,(H,17,18). The van der Waals surface area contributed by atoms with Crippen molar-refractivity contribution in [2.24, 2.45) is 5.41 Å². The highest BCUT2D eigenvalue weighted by Crippen LogP contribution is 2.23. The van der Waals surface area contributed by atoms with Gasteiger partial charge in [0, 0.05) is 16.9 Å². The second-order valence-corrected chi connectivity index (χ2v) is 6.39. The van der Waals surface area contributed by atoms with Crippen molar-refractivity contribution in [1.82, 2.24) is 5.32 Å². The lowest BCUT2D eigenvalue weighted by Gasteiger charge is -2.31. The zero-order valence-electron chi connectivity index (χ0n) is 12.0. The van der Waals surface area contributed by atoms with Gasteiger partial charge in [-0.2, -0.15) is 0 Å². The number of hydrogen-bond donors (Lipinski definition) is 1. The number of methoxy groups -OCH3 is 1. The molecule has 1 aromatic carbocycles. The minimum atomic E-state index is -0.0384. The summed E-state index contributed by atoms with van der Waals surface area (Å²) in [7, 11) is 1.61. The lowest BCUT2D eigenvalue weighted by atomic mass is 9.85. The molecule has 0 aliphatic carbocycles. The molecule has 3 nitrogen and oxygen atoms in total. The van der Waals surface area contributed by atoms with Gasteiger partial charge < -0.3 is 10.1 Å². The highest BCUT2D eigenvalue weighted by atomic mass is 79.9. The third kappa shape index (κ3) is 4.86. The van der Waals surface area contributed by atoms with E-state index in [2.05, 4.69) is 42.0 Å². The Labute approximate surface area is 123 Å². The first-order chi connectivity index (χ1) is 8.88. The van der Waals surface area contributed by atoms with Crippen LogP contribution in [0.25, 0.3) is 0 Å². The fourth-order valence-electron chi connectivity index (χ4n) is 1.81. The number of hydrogen-bond acceptors (Lipinski definition) is 2. The minimum absolute atomic E-state index is 0.0376. The summed E-state index contributed by atoms with van der Waals surface area (Å²) in [5.74, 6) is 0.716. The monoisotopic (exact) mass is 327 g/mol. The molecule has 1 rings (SSSR count). The maximum absolute atomic E-state index is 12.2. The van der Waals surface area contributed by atoms with E-state index in [1.54, 1.807) is 31.4 Å². The fraction of sp³-hybridized carbons (Fsp3) is 0.533. The van der Waals surface area contributed by atoms with E-state index in [0.717, 1.165) is 17.5 Å². The molecule has 0 aromatic heterocycles. The van der Waals surface area contributed by atoms with Crippen LogP contribution < -0.4 is 10.1 Å². The van der Waals surface area contributed by atoms with Gasteiger partial charge in [-0.1, -0.05) is 36.7 Å². The number of carbonyl (C=O) groups excluding carboxylic acids is 1. The number of ether oxygens (including phenoxy) is 1. The van der Waals surface area contributed by atoms with Gasteiger partial charge in [0.15, 0.2) is 0 Å². The van der Waals surface area contributed by atoms with E-state index in [-0.39, 0.29) is 17.4 Å². The maximum Gasteiger partial charge on any atom is 0.251 e. The maximum atomic E-state index is 12.2. The zero-order valence-corrected chi connectivity index (χ0v) is 13.6. The summed E-state index contributed by atoms with van der Waals surface area (Å²) < 4.78 is 5.08. The van der Waals surface area contributed by atoms with E-state index in [1.165, 1.54) is 0 Å². The molecule has 19 heavy (non-hydrogen) atoms. The number of alkyl halides is 1. The molecule has 0 aliphatic rings. The van der Waals surface area contributed by atoms with E-state index < -0.39 is 0 Å². The first kappa shape index (κ1) is 16.0. The summed E-state index contributed by atoms with van der Waals surface area (Å²) in [6.45, 7) is 6.40. The van der Waals surface area contributed by atoms with Crippen molar-refractivity contribution in [3.05, 3.63) is 29.8 Å². The molecular weight excluding hydrogens is 306 g/mol. The van der Waals surface area contributed by atoms with Crippen molar-refractivity contribution in [1.29, 1.82) is 0 Å². The topological polar surface area (TPSA) is 38.3 Å². The van der Waals surface area contributed by atoms with Crippen LogP contribution in [-0.2, 0) is 0 Å². The lowest BCUT2D eigenvalue weighted by Crippen LogP contribution is -2.44. The third-order valence-electron chi connectivity index (χ3n) is 3.10. The van der Waals surface area contributed by atoms with E-state index in [1.807, 2.05) is 0 Å². The van der Waals surface area contributed by atoms with E-state index in [9.17, 15) is 4.79 Å². The van der Waals surface area contributed by atoms with Crippen molar-refractivity contribution in [3.8, 4) is 5.75 Å². The Balaban J connectivity index is 2.75. The average Bonchev–Trinajstić information content (AvgIpc) is 2.37. The molecule has 0 saturated carbocycles. The molecule has 0 aliphatic heterocycles. The van der Waals surface area contributed by atoms with Gasteiger partial charge in [0.2, 0.25) is 0 Å². The molecule has 1 aromatic rings. The SMILES string of the molecule is COc1ccc(C(=O)NC(CCBr)C(C)(C)C)cc1. The summed E-state index contributed by atoms with van der Waals surface area (Å²) in [4.78, 5) is 12.2. The third-order valence-corrected chi connectivity index (χ3v) is 3.56. The first-order valence-electron chi connectivity index (χ1n) is 6.39. The Morgan fingerprint density at radius 2 is 1.89 bits per heavy atom. The number of carbonyl (C=O) groups is 1. The number of rotatable bonds is 5. The summed E-state index contributed by atoms with van der Waals surface area (Å²) in [5.41, 5.74) is 0.695. The molecule has 0 heterocycles. The van der Waals surface area contributed by atoms with Gasteiger partial charge in [0.25, 0.3) is 5.91 Å². The zero-order chi connectivity index (χ0) is 14.5. The largest absolute Gasteiger partial charge is 0.497 e. The molecule has 1 amide bonds. The number of halogens is 1. The molecule has 0 saturated heterocycles. The normalized spacial score (nSPS) is 12.9. The van der Waals surface area contributed by atoms with Crippen LogP contribution >= 0.6 is 15.9 Å². The average molecular weight is 328 g/mol. The van der Waals surface area contributed by atoms with Crippen LogP contribution in [0.3, 0.4) is 0 Å². The summed E-state index contributed by atoms with van der Waals surface area (Å²) in [6, 6.07) is 7.29. The Kier molecular flexibility index (Phi) is 5.85. The van der Waals surface area contributed by atoms with Crippen LogP contribution in [0.15, 0.2) is 24.3 Å². The van der Waals surface area contributed by atoms with E-state index in [4.69, 9.17) is 4.74 Å². The molecule has 0 fully saturated rings. The van der Waals surface area contributed by atoms with Gasteiger partial charge in [0.1, 0.15) is 5.75 Å². The lowest BCUT2D eigenvalue weighted by molar-refractivity contribution is 0.0900. The molecule has 4 heteroatoms. The summed E-state index contributed by atoms with van der Waals surface area (Å²) >= 11 is 3.44. The Hall–Kier alpha value is -1.03. The van der Waals surface area contributed by atoms with Gasteiger partial charge in [-0.05, 0) is 36.1 Å². The highest BCUT2D eigenvalue weighted by Gasteiger charge is 2.25. The molecule has 1 unspecified atom stereocenters. The van der Waals surface area contributed by atoms with E-state index >= 15 is 0 Å². The van der Waals surface area contributed by atoms with Gasteiger partial charge in [-0.25, -0.2) is 0 Å². The van der Waals surface area contributed by atoms with Crippen LogP contribution in [0.2, 0.25) is 0 Å². The van der Waals surface area contributed by atoms with Crippen molar-refractivity contribution in [3.63, 3.8) is 0 Å². The van der Waals surface area contributed by atoms with Crippen LogP contribution in [0.1, 0.15) is 37.6 Å². The predicted molar refractivity (Wildman–Crippen MR) is 82.1 cm³/mol. The van der Waals surface area contributed by atoms with E-state index in [0.29, 0.717) is 5.56 Å². The first-order valence-corrected chi connectivity index (χ1v) is 7.51. The van der Waals surface area contributed by atoms with Crippen LogP contribution in [-0.4, -0.2) is 24.4 Å². The predicted octanol–water partition coefficient (Wildman–Crippen LogP) is 3.62. The molecule has 0 spiro atoms. The molecule has 0 radical (unpaired) electrons. The second-order valence-electron chi connectivity index (χ2n) is 5.60. The van der Waals surface area contributed by atoms with Crippen molar-refractivity contribution in [2.75, 3.05) is 12.4 Å². The van der Waals surface area contributed by atoms with Gasteiger partial charge in [-0.15, -0.1) is 0 Å². The number of benzene rings is 1. The molecule has 0 bridgehead atoms. The number of nitrogens with one attached hydrogen (secondary N) is 1. The quantitative estimate of drug-likeness (QED) is 0.839. The van der Waals surface area contributed by atoms with Crippen LogP contribution in [0, 0.1) is 5.41 Å². The van der Waals surface area contributed by atoms with Gasteiger partial charge in [-0.3, -0.25) is 4.79 Å². The smallest absolute Gasteiger partial charge is 0.251 e. The highest BCUT2D eigenvalue weighted by molar-refractivity contribution is 9.09. The molecule has 106 valence electrons. The molecule has 1 N–H and O–H groups in total. The van der Waals surface area contributed by atoms with Crippen molar-refractivity contribution in [2.45, 2.75) is 33.2 Å². The Morgan fingerprint density at radius 1 is 1.32 bits per heavy atom. The summed E-state index contributed by atoms with van der Waals surface area (Å²) in [5, 5.41) is 3.97. The van der Waals surface area contributed by atoms with Crippen molar-refractivity contribution >= 4 is 21.8 Å². The van der Waals surface area contributed by atoms with Gasteiger partial charge >= 0.3 is 0 Å². The molecule has 1 atom stereocenters. The second kappa shape index (κ2) is 6.94. The Morgan fingerprint density at radius 3 is 2.32 bits per heavy atom. The fourth-order valence-corrected chi connectivity index (χ4v) is 2.27. The number of amides is 1. The van der Waals surface area contributed by atoms with Crippen LogP contribution in [0.5, 0.6) is 5.75 Å². The molecular formula is C15H22BrNO2. The van der Waals surface area contributed by atoms with Gasteiger partial charge in [0.05, 0.1) is 7.11 Å². The van der Waals surface area contributed by atoms with Crippen molar-refractivity contribution < 1.29 is 9.53 Å². The minimum Gasteiger partial charge on any atom is -0.497 e. The summed E-state index contributed by atoms with van der Waals surface area (Å²) in [6.07, 6.45) is 0.908.